The summed E-state index contributed by atoms with van der Waals surface area (Å²) in [4.78, 5) is 16.8. The summed E-state index contributed by atoms with van der Waals surface area (Å²) in [5, 5.41) is 0.682. The van der Waals surface area contributed by atoms with E-state index in [1.165, 1.54) is 25.7 Å². The average Bonchev–Trinajstić information content (AvgIpc) is 3.27. The molecule has 2 fully saturated rings. The minimum absolute atomic E-state index is 0.334. The first-order valence-corrected chi connectivity index (χ1v) is 10.4. The predicted molar refractivity (Wildman–Crippen MR) is 108 cm³/mol. The molecule has 1 amide bonds. The van der Waals surface area contributed by atoms with Gasteiger partial charge in [0.25, 0.3) is 0 Å². The number of nitrogens with zero attached hydrogens (tertiary/aromatic N) is 2. The number of benzene rings is 1. The average molecular weight is 395 g/mol. The molecule has 2 aliphatic rings. The third kappa shape index (κ3) is 4.88. The van der Waals surface area contributed by atoms with Crippen LogP contribution in [0.1, 0.15) is 44.6 Å². The van der Waals surface area contributed by atoms with Crippen molar-refractivity contribution in [2.24, 2.45) is 5.92 Å². The largest absolute Gasteiger partial charge is 0.493 e. The minimum Gasteiger partial charge on any atom is -0.493 e. The van der Waals surface area contributed by atoms with Crippen molar-refractivity contribution in [3.05, 3.63) is 22.7 Å². The quantitative estimate of drug-likeness (QED) is 0.669. The van der Waals surface area contributed by atoms with Crippen LogP contribution in [0, 0.1) is 5.92 Å². The fraction of sp³-hybridized carbons (Fsp3) is 0.667. The molecular formula is C21H31ClN2O3. The van der Waals surface area contributed by atoms with Gasteiger partial charge in [-0.2, -0.15) is 0 Å². The predicted octanol–water partition coefficient (Wildman–Crippen LogP) is 3.97. The highest BCUT2D eigenvalue weighted by Gasteiger charge is 2.35. The van der Waals surface area contributed by atoms with E-state index in [9.17, 15) is 4.79 Å². The Morgan fingerprint density at radius 2 is 2.00 bits per heavy atom. The Morgan fingerprint density at radius 3 is 2.67 bits per heavy atom. The first kappa shape index (κ1) is 20.3. The van der Waals surface area contributed by atoms with Crippen LogP contribution >= 0.6 is 11.6 Å². The van der Waals surface area contributed by atoms with Crippen LogP contribution in [0.15, 0.2) is 12.1 Å². The lowest BCUT2D eigenvalue weighted by atomic mass is 10.1. The molecule has 27 heavy (non-hydrogen) atoms. The SMILES string of the molecule is CCOc1cc(Cl)c(CN(C)C[C@H]2CC(=O)N(C3CCCC3)C2)cc1OC. The number of methoxy groups -OCH3 is 1. The van der Waals surface area contributed by atoms with E-state index in [2.05, 4.69) is 16.8 Å². The van der Waals surface area contributed by atoms with E-state index in [1.54, 1.807) is 7.11 Å². The van der Waals surface area contributed by atoms with Gasteiger partial charge in [-0.3, -0.25) is 4.79 Å². The fourth-order valence-electron chi connectivity index (χ4n) is 4.42. The van der Waals surface area contributed by atoms with E-state index in [0.29, 0.717) is 47.4 Å². The van der Waals surface area contributed by atoms with Gasteiger partial charge in [-0.25, -0.2) is 0 Å². The molecule has 150 valence electrons. The molecule has 1 aliphatic carbocycles. The number of hydrogen-bond acceptors (Lipinski definition) is 4. The maximum Gasteiger partial charge on any atom is 0.223 e. The summed E-state index contributed by atoms with van der Waals surface area (Å²) in [6.45, 7) is 5.01. The molecule has 0 spiro atoms. The van der Waals surface area contributed by atoms with Gasteiger partial charge in [0.1, 0.15) is 0 Å². The molecular weight excluding hydrogens is 364 g/mol. The molecule has 1 heterocycles. The summed E-state index contributed by atoms with van der Waals surface area (Å²) < 4.78 is 11.0. The molecule has 0 N–H and O–H groups in total. The van der Waals surface area contributed by atoms with Crippen LogP contribution in [0.25, 0.3) is 0 Å². The van der Waals surface area contributed by atoms with Crippen molar-refractivity contribution < 1.29 is 14.3 Å². The third-order valence-electron chi connectivity index (χ3n) is 5.65. The van der Waals surface area contributed by atoms with Crippen LogP contribution in [0.5, 0.6) is 11.5 Å². The first-order valence-electron chi connectivity index (χ1n) is 9.99. The number of ether oxygens (including phenoxy) is 2. The standard InChI is InChI=1S/C21H31ClN2O3/c1-4-27-20-11-18(22)16(10-19(20)26-3)14-23(2)12-15-9-21(25)24(13-15)17-7-5-6-8-17/h10-11,15,17H,4-9,12-14H2,1-3H3/t15-/m1/s1. The molecule has 1 saturated heterocycles. The molecule has 1 saturated carbocycles. The topological polar surface area (TPSA) is 42.0 Å². The van der Waals surface area contributed by atoms with Gasteiger partial charge < -0.3 is 19.3 Å². The molecule has 0 unspecified atom stereocenters. The van der Waals surface area contributed by atoms with E-state index in [4.69, 9.17) is 21.1 Å². The smallest absolute Gasteiger partial charge is 0.223 e. The van der Waals surface area contributed by atoms with Crippen LogP contribution in [-0.2, 0) is 11.3 Å². The van der Waals surface area contributed by atoms with Gasteiger partial charge in [0.15, 0.2) is 11.5 Å². The zero-order valence-electron chi connectivity index (χ0n) is 16.7. The van der Waals surface area contributed by atoms with Crippen LogP contribution in [0.2, 0.25) is 5.02 Å². The Hall–Kier alpha value is -1.46. The summed E-state index contributed by atoms with van der Waals surface area (Å²) in [6, 6.07) is 4.26. The molecule has 0 bridgehead atoms. The lowest BCUT2D eigenvalue weighted by Gasteiger charge is -2.25. The number of halogens is 1. The molecule has 1 aromatic carbocycles. The molecule has 0 radical (unpaired) electrons. The van der Waals surface area contributed by atoms with Crippen molar-refractivity contribution in [1.29, 1.82) is 0 Å². The summed E-state index contributed by atoms with van der Waals surface area (Å²) >= 11 is 6.46. The van der Waals surface area contributed by atoms with Crippen molar-refractivity contribution >= 4 is 17.5 Å². The number of rotatable bonds is 8. The molecule has 0 aromatic heterocycles. The van der Waals surface area contributed by atoms with Gasteiger partial charge in [0.2, 0.25) is 5.91 Å². The Labute approximate surface area is 167 Å². The lowest BCUT2D eigenvalue weighted by Crippen LogP contribution is -2.35. The summed E-state index contributed by atoms with van der Waals surface area (Å²) in [5.41, 5.74) is 1.01. The van der Waals surface area contributed by atoms with E-state index < -0.39 is 0 Å². The maximum atomic E-state index is 12.4. The molecule has 1 aliphatic heterocycles. The molecule has 6 heteroatoms. The van der Waals surface area contributed by atoms with Crippen LogP contribution in [-0.4, -0.2) is 55.6 Å². The summed E-state index contributed by atoms with van der Waals surface area (Å²) in [5.74, 6) is 2.10. The molecule has 3 rings (SSSR count). The van der Waals surface area contributed by atoms with Gasteiger partial charge in [-0.05, 0) is 44.4 Å². The van der Waals surface area contributed by atoms with Gasteiger partial charge in [-0.1, -0.05) is 24.4 Å². The Bertz CT molecular complexity index is 661. The normalized spacial score (nSPS) is 20.7. The lowest BCUT2D eigenvalue weighted by molar-refractivity contribution is -0.129. The van der Waals surface area contributed by atoms with Gasteiger partial charge in [0, 0.05) is 43.2 Å². The van der Waals surface area contributed by atoms with Crippen molar-refractivity contribution in [2.75, 3.05) is 33.9 Å². The highest BCUT2D eigenvalue weighted by Crippen LogP contribution is 2.34. The molecule has 5 nitrogen and oxygen atoms in total. The van der Waals surface area contributed by atoms with Crippen LogP contribution < -0.4 is 9.47 Å². The van der Waals surface area contributed by atoms with Gasteiger partial charge >= 0.3 is 0 Å². The minimum atomic E-state index is 0.334. The van der Waals surface area contributed by atoms with Crippen molar-refractivity contribution in [3.8, 4) is 11.5 Å². The van der Waals surface area contributed by atoms with E-state index in [-0.39, 0.29) is 0 Å². The second kappa shape index (κ2) is 9.16. The highest BCUT2D eigenvalue weighted by molar-refractivity contribution is 6.31. The van der Waals surface area contributed by atoms with Gasteiger partial charge in [0.05, 0.1) is 13.7 Å². The first-order chi connectivity index (χ1) is 13.0. The zero-order valence-corrected chi connectivity index (χ0v) is 17.4. The Kier molecular flexibility index (Phi) is 6.88. The molecule has 1 atom stereocenters. The Balaban J connectivity index is 1.59. The monoisotopic (exact) mass is 394 g/mol. The zero-order chi connectivity index (χ0) is 19.4. The second-order valence-corrected chi connectivity index (χ2v) is 8.19. The summed E-state index contributed by atoms with van der Waals surface area (Å²) in [7, 11) is 3.73. The number of likely N-dealkylation sites (tertiary alicyclic amines) is 1. The van der Waals surface area contributed by atoms with E-state index in [1.807, 2.05) is 19.1 Å². The van der Waals surface area contributed by atoms with E-state index in [0.717, 1.165) is 25.2 Å². The van der Waals surface area contributed by atoms with Crippen LogP contribution in [0.4, 0.5) is 0 Å². The van der Waals surface area contributed by atoms with Crippen molar-refractivity contribution in [1.82, 2.24) is 9.80 Å². The number of carbonyl (C=O) groups is 1. The third-order valence-corrected chi connectivity index (χ3v) is 6.00. The van der Waals surface area contributed by atoms with Crippen molar-refractivity contribution in [2.45, 2.75) is 51.6 Å². The van der Waals surface area contributed by atoms with Crippen LogP contribution in [0.3, 0.4) is 0 Å². The number of hydrogen-bond donors (Lipinski definition) is 0. The van der Waals surface area contributed by atoms with Gasteiger partial charge in [-0.15, -0.1) is 0 Å². The number of carbonyl (C=O) groups excluding carboxylic acids is 1. The summed E-state index contributed by atoms with van der Waals surface area (Å²) in [6.07, 6.45) is 5.54. The van der Waals surface area contributed by atoms with E-state index >= 15 is 0 Å². The highest BCUT2D eigenvalue weighted by atomic mass is 35.5. The maximum absolute atomic E-state index is 12.4. The second-order valence-electron chi connectivity index (χ2n) is 7.78. The molecule has 1 aromatic rings. The fourth-order valence-corrected chi connectivity index (χ4v) is 4.64. The Morgan fingerprint density at radius 1 is 1.26 bits per heavy atom. The van der Waals surface area contributed by atoms with Crippen molar-refractivity contribution in [3.63, 3.8) is 0 Å². The number of amides is 1.